The van der Waals surface area contributed by atoms with Gasteiger partial charge in [0.1, 0.15) is 12.7 Å². The molecule has 9 nitrogen and oxygen atoms in total. The van der Waals surface area contributed by atoms with Gasteiger partial charge in [-0.25, -0.2) is 14.4 Å². The van der Waals surface area contributed by atoms with Crippen molar-refractivity contribution < 1.29 is 38.8 Å². The smallest absolute Gasteiger partial charge is 0.407 e. The van der Waals surface area contributed by atoms with Crippen LogP contribution in [-0.2, 0) is 23.8 Å². The van der Waals surface area contributed by atoms with Gasteiger partial charge in [0.2, 0.25) is 0 Å². The summed E-state index contributed by atoms with van der Waals surface area (Å²) in [6.45, 7) is 8.85. The Kier molecular flexibility index (Phi) is 13.1. The third kappa shape index (κ3) is 9.78. The standard InChI is InChI=1S/C27H27NO5.C13H18O3/c1-17(2)33-26(30)24(25(29)18-10-4-3-5-11-18)28-27(31)32-16-23-21-14-8-6-12-19(21)20-13-7-9-15-22(20)23;1-9(2)16-13(15)12(14)10(3)11-7-5-4-6-8-11/h3-15,17,23-25,29H,16H2,1-2H3,(H,28,31);4-10,12,14H,1-3H3/t24-,25+;10-,12+/m01/s1. The maximum absolute atomic E-state index is 12.7. The molecule has 4 atom stereocenters. The Hall–Kier alpha value is -4.99. The normalized spacial score (nSPS) is 14.3. The monoisotopic (exact) mass is 667 g/mol. The predicted molar refractivity (Wildman–Crippen MR) is 187 cm³/mol. The lowest BCUT2D eigenvalue weighted by atomic mass is 9.95. The Morgan fingerprint density at radius 3 is 1.59 bits per heavy atom. The molecule has 0 heterocycles. The van der Waals surface area contributed by atoms with Crippen LogP contribution < -0.4 is 5.32 Å². The van der Waals surface area contributed by atoms with Crippen LogP contribution in [-0.4, -0.2) is 59.2 Å². The molecule has 258 valence electrons. The molecule has 3 N–H and O–H groups in total. The topological polar surface area (TPSA) is 131 Å². The Bertz CT molecular complexity index is 1630. The zero-order valence-electron chi connectivity index (χ0n) is 28.5. The fraction of sp³-hybridized carbons (Fsp3) is 0.325. The number of esters is 2. The zero-order valence-corrected chi connectivity index (χ0v) is 28.5. The van der Waals surface area contributed by atoms with Crippen LogP contribution in [0.25, 0.3) is 11.1 Å². The second kappa shape index (κ2) is 17.4. The molecule has 4 aromatic carbocycles. The lowest BCUT2D eigenvalue weighted by Crippen LogP contribution is -2.47. The number of ether oxygens (including phenoxy) is 3. The summed E-state index contributed by atoms with van der Waals surface area (Å²) in [5.41, 5.74) is 5.84. The van der Waals surface area contributed by atoms with Gasteiger partial charge in [0.15, 0.2) is 12.1 Å². The molecule has 0 spiro atoms. The van der Waals surface area contributed by atoms with Crippen LogP contribution in [0.2, 0.25) is 0 Å². The van der Waals surface area contributed by atoms with E-state index >= 15 is 0 Å². The molecular formula is C40H45NO8. The number of hydrogen-bond acceptors (Lipinski definition) is 8. The van der Waals surface area contributed by atoms with Gasteiger partial charge in [-0.15, -0.1) is 0 Å². The Morgan fingerprint density at radius 1 is 0.633 bits per heavy atom. The van der Waals surface area contributed by atoms with Crippen LogP contribution in [0.5, 0.6) is 0 Å². The summed E-state index contributed by atoms with van der Waals surface area (Å²) in [6.07, 6.45) is -3.78. The number of aliphatic hydroxyl groups excluding tert-OH is 2. The van der Waals surface area contributed by atoms with Crippen LogP contribution in [0.1, 0.15) is 74.8 Å². The quantitative estimate of drug-likeness (QED) is 0.119. The predicted octanol–water partition coefficient (Wildman–Crippen LogP) is 6.68. The molecule has 0 aromatic heterocycles. The number of nitrogens with one attached hydrogen (secondary N) is 1. The number of rotatable bonds is 11. The first-order chi connectivity index (χ1) is 23.5. The van der Waals surface area contributed by atoms with E-state index in [9.17, 15) is 24.6 Å². The van der Waals surface area contributed by atoms with E-state index in [1.54, 1.807) is 58.0 Å². The van der Waals surface area contributed by atoms with Gasteiger partial charge in [-0.2, -0.15) is 0 Å². The van der Waals surface area contributed by atoms with Gasteiger partial charge in [-0.05, 0) is 61.1 Å². The summed E-state index contributed by atoms with van der Waals surface area (Å²) in [7, 11) is 0. The van der Waals surface area contributed by atoms with E-state index in [2.05, 4.69) is 17.4 Å². The lowest BCUT2D eigenvalue weighted by Gasteiger charge is -2.24. The van der Waals surface area contributed by atoms with Gasteiger partial charge in [0, 0.05) is 11.8 Å². The van der Waals surface area contributed by atoms with Crippen molar-refractivity contribution >= 4 is 18.0 Å². The number of fused-ring (bicyclic) bond motifs is 3. The molecule has 9 heteroatoms. The maximum Gasteiger partial charge on any atom is 0.407 e. The SMILES string of the molecule is CC(C)OC(=O)[C@@H](NC(=O)OCC1c2ccccc2-c2ccccc21)[C@H](O)c1ccccc1.CC(C)OC(=O)[C@@H](O)[C@H](C)c1ccccc1. The van der Waals surface area contributed by atoms with Crippen molar-refractivity contribution in [1.29, 1.82) is 0 Å². The molecule has 1 amide bonds. The van der Waals surface area contributed by atoms with Crippen LogP contribution >= 0.6 is 0 Å². The number of carbonyl (C=O) groups is 3. The molecule has 1 aliphatic rings. The number of hydrogen-bond donors (Lipinski definition) is 3. The Labute approximate surface area is 287 Å². The third-order valence-electron chi connectivity index (χ3n) is 8.07. The van der Waals surface area contributed by atoms with Crippen molar-refractivity contribution in [2.24, 2.45) is 0 Å². The second-order valence-corrected chi connectivity index (χ2v) is 12.4. The van der Waals surface area contributed by atoms with Gasteiger partial charge in [0.05, 0.1) is 12.2 Å². The first-order valence-electron chi connectivity index (χ1n) is 16.5. The highest BCUT2D eigenvalue weighted by atomic mass is 16.6. The van der Waals surface area contributed by atoms with Crippen LogP contribution in [0.15, 0.2) is 109 Å². The number of carbonyl (C=O) groups excluding carboxylic acids is 3. The van der Waals surface area contributed by atoms with E-state index in [0.717, 1.165) is 27.8 Å². The molecule has 0 bridgehead atoms. The van der Waals surface area contributed by atoms with Crippen molar-refractivity contribution in [2.45, 2.75) is 76.9 Å². The van der Waals surface area contributed by atoms with Gasteiger partial charge in [-0.1, -0.05) is 116 Å². The summed E-state index contributed by atoms with van der Waals surface area (Å²) in [5, 5.41) is 23.1. The minimum absolute atomic E-state index is 0.104. The molecule has 5 rings (SSSR count). The van der Waals surface area contributed by atoms with Crippen molar-refractivity contribution in [3.05, 3.63) is 131 Å². The number of amides is 1. The van der Waals surface area contributed by atoms with Crippen LogP contribution in [0.4, 0.5) is 4.79 Å². The van der Waals surface area contributed by atoms with Crippen LogP contribution in [0.3, 0.4) is 0 Å². The summed E-state index contributed by atoms with van der Waals surface area (Å²) in [5.74, 6) is -1.66. The largest absolute Gasteiger partial charge is 0.461 e. The first kappa shape index (κ1) is 36.8. The number of alkyl carbamates (subject to hydrolysis) is 1. The van der Waals surface area contributed by atoms with E-state index < -0.39 is 42.4 Å². The van der Waals surface area contributed by atoms with Crippen LogP contribution in [0, 0.1) is 0 Å². The third-order valence-corrected chi connectivity index (χ3v) is 8.07. The average molecular weight is 668 g/mol. The van der Waals surface area contributed by atoms with Crippen molar-refractivity contribution in [1.82, 2.24) is 5.32 Å². The van der Waals surface area contributed by atoms with Gasteiger partial charge >= 0.3 is 18.0 Å². The molecule has 49 heavy (non-hydrogen) atoms. The highest BCUT2D eigenvalue weighted by Gasteiger charge is 2.34. The Balaban J connectivity index is 0.000000284. The highest BCUT2D eigenvalue weighted by molar-refractivity contribution is 5.83. The number of benzene rings is 4. The summed E-state index contributed by atoms with van der Waals surface area (Å²) in [6, 6.07) is 32.9. The molecular weight excluding hydrogens is 622 g/mol. The molecule has 1 aliphatic carbocycles. The van der Waals surface area contributed by atoms with Gasteiger partial charge in [0.25, 0.3) is 0 Å². The van der Waals surface area contributed by atoms with Crippen molar-refractivity contribution in [3.63, 3.8) is 0 Å². The first-order valence-corrected chi connectivity index (χ1v) is 16.5. The van der Waals surface area contributed by atoms with E-state index in [-0.39, 0.29) is 24.5 Å². The van der Waals surface area contributed by atoms with Crippen molar-refractivity contribution in [2.75, 3.05) is 6.61 Å². The second-order valence-electron chi connectivity index (χ2n) is 12.4. The van der Waals surface area contributed by atoms with Gasteiger partial charge < -0.3 is 29.7 Å². The molecule has 0 unspecified atom stereocenters. The van der Waals surface area contributed by atoms with E-state index in [1.165, 1.54) is 0 Å². The molecule has 0 aliphatic heterocycles. The van der Waals surface area contributed by atoms with Crippen molar-refractivity contribution in [3.8, 4) is 11.1 Å². The van der Waals surface area contributed by atoms with Gasteiger partial charge in [-0.3, -0.25) is 0 Å². The summed E-state index contributed by atoms with van der Waals surface area (Å²) < 4.78 is 15.8. The van der Waals surface area contributed by atoms with E-state index in [0.29, 0.717) is 5.56 Å². The molecule has 0 fully saturated rings. The lowest BCUT2D eigenvalue weighted by molar-refractivity contribution is -0.158. The maximum atomic E-state index is 12.7. The average Bonchev–Trinajstić information content (AvgIpc) is 3.42. The zero-order chi connectivity index (χ0) is 35.5. The fourth-order valence-electron chi connectivity index (χ4n) is 5.63. The fourth-order valence-corrected chi connectivity index (χ4v) is 5.63. The van der Waals surface area contributed by atoms with E-state index in [4.69, 9.17) is 14.2 Å². The summed E-state index contributed by atoms with van der Waals surface area (Å²) >= 11 is 0. The van der Waals surface area contributed by atoms with E-state index in [1.807, 2.05) is 73.7 Å². The molecule has 0 radical (unpaired) electrons. The minimum Gasteiger partial charge on any atom is -0.461 e. The number of aliphatic hydroxyl groups is 2. The molecule has 4 aromatic rings. The highest BCUT2D eigenvalue weighted by Crippen LogP contribution is 2.44. The summed E-state index contributed by atoms with van der Waals surface area (Å²) in [4.78, 5) is 36.8. The Morgan fingerprint density at radius 2 is 1.08 bits per heavy atom. The molecule has 0 saturated carbocycles. The minimum atomic E-state index is -1.30. The molecule has 0 saturated heterocycles.